The van der Waals surface area contributed by atoms with Crippen LogP contribution < -0.4 is 0 Å². The van der Waals surface area contributed by atoms with E-state index >= 15 is 0 Å². The molecular weight excluding hydrogens is 169 g/mol. The molecule has 0 spiro atoms. The summed E-state index contributed by atoms with van der Waals surface area (Å²) in [6.07, 6.45) is -2.07. The molecule has 0 fully saturated rings. The smallest absolute Gasteiger partial charge is 0.183 e. The molecule has 0 radical (unpaired) electrons. The summed E-state index contributed by atoms with van der Waals surface area (Å²) in [4.78, 5) is 9.91. The van der Waals surface area contributed by atoms with Crippen molar-refractivity contribution >= 4 is 6.29 Å². The van der Waals surface area contributed by atoms with Crippen molar-refractivity contribution in [3.8, 4) is 0 Å². The third kappa shape index (κ3) is 1.64. The first-order valence-corrected chi connectivity index (χ1v) is 3.19. The number of benzene rings is 1. The van der Waals surface area contributed by atoms with E-state index in [9.17, 15) is 18.0 Å². The first-order valence-electron chi connectivity index (χ1n) is 3.19. The van der Waals surface area contributed by atoms with Gasteiger partial charge in [-0.25, -0.2) is 13.2 Å². The second kappa shape index (κ2) is 3.38. The summed E-state index contributed by atoms with van der Waals surface area (Å²) in [5.41, 5.74) is -0.439. The lowest BCUT2D eigenvalue weighted by atomic mass is 10.1. The molecule has 12 heavy (non-hydrogen) atoms. The molecule has 1 aromatic carbocycles. The molecule has 4 heteroatoms. The van der Waals surface area contributed by atoms with Crippen molar-refractivity contribution in [2.24, 2.45) is 0 Å². The number of hydrogen-bond donors (Lipinski definition) is 0. The van der Waals surface area contributed by atoms with Gasteiger partial charge in [0, 0.05) is 11.6 Å². The van der Waals surface area contributed by atoms with Gasteiger partial charge in [-0.3, -0.25) is 4.79 Å². The summed E-state index contributed by atoms with van der Waals surface area (Å²) in [7, 11) is 0. The van der Waals surface area contributed by atoms with Crippen LogP contribution >= 0.6 is 0 Å². The predicted octanol–water partition coefficient (Wildman–Crippen LogP) is 2.17. The Hall–Kier alpha value is -1.32. The van der Waals surface area contributed by atoms with E-state index in [1.165, 1.54) is 0 Å². The maximum absolute atomic E-state index is 12.6. The minimum Gasteiger partial charge on any atom is -0.300 e. The number of hydrogen-bond acceptors (Lipinski definition) is 1. The first kappa shape index (κ1) is 8.77. The minimum atomic E-state index is -2.02. The lowest BCUT2D eigenvalue weighted by Crippen LogP contribution is -1.97. The van der Waals surface area contributed by atoms with E-state index in [1.807, 2.05) is 0 Å². The standard InChI is InChI=1S/C8H5F3O/c9-5-1-2-6(7(10)3-5)8(11)4-12/h1-4,8H. The van der Waals surface area contributed by atoms with Crippen LogP contribution in [-0.4, -0.2) is 6.29 Å². The molecule has 1 aromatic rings. The van der Waals surface area contributed by atoms with Crippen LogP contribution in [0, 0.1) is 11.6 Å². The summed E-state index contributed by atoms with van der Waals surface area (Å²) >= 11 is 0. The van der Waals surface area contributed by atoms with E-state index in [1.54, 1.807) is 0 Å². The molecule has 1 rings (SSSR count). The fourth-order valence-electron chi connectivity index (χ4n) is 0.798. The molecule has 0 aromatic heterocycles. The SMILES string of the molecule is O=CC(F)c1ccc(F)cc1F. The van der Waals surface area contributed by atoms with Gasteiger partial charge in [0.25, 0.3) is 0 Å². The quantitative estimate of drug-likeness (QED) is 0.628. The van der Waals surface area contributed by atoms with Gasteiger partial charge in [0.05, 0.1) is 0 Å². The van der Waals surface area contributed by atoms with Gasteiger partial charge in [-0.2, -0.15) is 0 Å². The Morgan fingerprint density at radius 2 is 2.00 bits per heavy atom. The van der Waals surface area contributed by atoms with E-state index in [-0.39, 0.29) is 6.29 Å². The Kier molecular flexibility index (Phi) is 2.47. The second-order valence-corrected chi connectivity index (χ2v) is 2.20. The summed E-state index contributed by atoms with van der Waals surface area (Å²) in [5.74, 6) is -1.84. The van der Waals surface area contributed by atoms with Crippen LogP contribution in [-0.2, 0) is 4.79 Å². The van der Waals surface area contributed by atoms with Crippen LogP contribution in [0.3, 0.4) is 0 Å². The predicted molar refractivity (Wildman–Crippen MR) is 36.3 cm³/mol. The third-order valence-corrected chi connectivity index (χ3v) is 1.38. The van der Waals surface area contributed by atoms with Crippen LogP contribution in [0.1, 0.15) is 11.7 Å². The molecule has 0 bridgehead atoms. The van der Waals surface area contributed by atoms with Gasteiger partial charge in [0.2, 0.25) is 0 Å². The summed E-state index contributed by atoms with van der Waals surface area (Å²) in [6, 6.07) is 2.34. The van der Waals surface area contributed by atoms with E-state index in [4.69, 9.17) is 0 Å². The monoisotopic (exact) mass is 174 g/mol. The number of aldehydes is 1. The maximum atomic E-state index is 12.6. The van der Waals surface area contributed by atoms with Crippen molar-refractivity contribution in [3.63, 3.8) is 0 Å². The van der Waals surface area contributed by atoms with E-state index in [0.29, 0.717) is 6.07 Å². The fourth-order valence-corrected chi connectivity index (χ4v) is 0.798. The van der Waals surface area contributed by atoms with Gasteiger partial charge in [0.15, 0.2) is 12.5 Å². The highest BCUT2D eigenvalue weighted by atomic mass is 19.1. The van der Waals surface area contributed by atoms with Crippen LogP contribution in [0.4, 0.5) is 13.2 Å². The Labute approximate surface area is 66.8 Å². The zero-order valence-corrected chi connectivity index (χ0v) is 5.93. The van der Waals surface area contributed by atoms with Crippen LogP contribution in [0.15, 0.2) is 18.2 Å². The van der Waals surface area contributed by atoms with Crippen molar-refractivity contribution < 1.29 is 18.0 Å². The maximum Gasteiger partial charge on any atom is 0.183 e. The van der Waals surface area contributed by atoms with E-state index in [2.05, 4.69) is 0 Å². The third-order valence-electron chi connectivity index (χ3n) is 1.38. The topological polar surface area (TPSA) is 17.1 Å². The average Bonchev–Trinajstić information content (AvgIpc) is 2.03. The number of carbonyl (C=O) groups is 1. The molecule has 0 aliphatic carbocycles. The Morgan fingerprint density at radius 3 is 2.50 bits per heavy atom. The largest absolute Gasteiger partial charge is 0.300 e. The molecule has 0 N–H and O–H groups in total. The molecule has 0 aliphatic rings. The summed E-state index contributed by atoms with van der Waals surface area (Å²) in [5, 5.41) is 0. The molecular formula is C8H5F3O. The van der Waals surface area contributed by atoms with Crippen LogP contribution in [0.25, 0.3) is 0 Å². The molecule has 0 heterocycles. The van der Waals surface area contributed by atoms with Gasteiger partial charge >= 0.3 is 0 Å². The first-order chi connectivity index (χ1) is 5.65. The lowest BCUT2D eigenvalue weighted by Gasteiger charge is -2.01. The minimum absolute atomic E-state index is 0.0453. The molecule has 1 nitrogen and oxygen atoms in total. The fraction of sp³-hybridized carbons (Fsp3) is 0.125. The summed E-state index contributed by atoms with van der Waals surface area (Å²) in [6.45, 7) is 0. The highest BCUT2D eigenvalue weighted by Crippen LogP contribution is 2.19. The van der Waals surface area contributed by atoms with Crippen molar-refractivity contribution in [1.82, 2.24) is 0 Å². The van der Waals surface area contributed by atoms with Crippen molar-refractivity contribution in [1.29, 1.82) is 0 Å². The molecule has 64 valence electrons. The van der Waals surface area contributed by atoms with Gasteiger partial charge < -0.3 is 0 Å². The zero-order valence-electron chi connectivity index (χ0n) is 5.93. The average molecular weight is 174 g/mol. The highest BCUT2D eigenvalue weighted by Gasteiger charge is 2.13. The van der Waals surface area contributed by atoms with E-state index < -0.39 is 23.4 Å². The Bertz CT molecular complexity index is 298. The van der Waals surface area contributed by atoms with Gasteiger partial charge in [-0.15, -0.1) is 0 Å². The number of rotatable bonds is 2. The molecule has 1 atom stereocenters. The second-order valence-electron chi connectivity index (χ2n) is 2.20. The van der Waals surface area contributed by atoms with Crippen LogP contribution in [0.2, 0.25) is 0 Å². The van der Waals surface area contributed by atoms with Gasteiger partial charge in [-0.05, 0) is 12.1 Å². The highest BCUT2D eigenvalue weighted by molar-refractivity contribution is 5.59. The molecule has 1 unspecified atom stereocenters. The normalized spacial score (nSPS) is 12.6. The van der Waals surface area contributed by atoms with Gasteiger partial charge in [-0.1, -0.05) is 0 Å². The number of alkyl halides is 1. The zero-order chi connectivity index (χ0) is 9.14. The van der Waals surface area contributed by atoms with Gasteiger partial charge in [0.1, 0.15) is 11.6 Å². The molecule has 0 aliphatic heterocycles. The lowest BCUT2D eigenvalue weighted by molar-refractivity contribution is -0.112. The van der Waals surface area contributed by atoms with Crippen molar-refractivity contribution in [2.75, 3.05) is 0 Å². The van der Waals surface area contributed by atoms with Crippen LogP contribution in [0.5, 0.6) is 0 Å². The van der Waals surface area contributed by atoms with E-state index in [0.717, 1.165) is 12.1 Å². The Balaban J connectivity index is 3.09. The Morgan fingerprint density at radius 1 is 1.33 bits per heavy atom. The molecule has 0 saturated carbocycles. The summed E-state index contributed by atoms with van der Waals surface area (Å²) < 4.78 is 37.4. The number of carbonyl (C=O) groups excluding carboxylic acids is 1. The van der Waals surface area contributed by atoms with Crippen molar-refractivity contribution in [2.45, 2.75) is 6.17 Å². The molecule has 0 saturated heterocycles. The number of halogens is 3. The molecule has 0 amide bonds. The van der Waals surface area contributed by atoms with Crippen molar-refractivity contribution in [3.05, 3.63) is 35.4 Å².